The van der Waals surface area contributed by atoms with Gasteiger partial charge in [-0.3, -0.25) is 0 Å². The molecule has 0 saturated heterocycles. The molecular weight excluding hydrogens is 337 g/mol. The summed E-state index contributed by atoms with van der Waals surface area (Å²) in [6, 6.07) is 10.5. The second-order valence-corrected chi connectivity index (χ2v) is 5.42. The minimum Gasteiger partial charge on any atom is -0.399 e. The Bertz CT molecular complexity index is 815. The Hall–Kier alpha value is -2.28. The molecule has 5 nitrogen and oxygen atoms in total. The molecule has 0 bridgehead atoms. The molecule has 0 aliphatic carbocycles. The van der Waals surface area contributed by atoms with Gasteiger partial charge in [-0.1, -0.05) is 12.1 Å². The van der Waals surface area contributed by atoms with E-state index >= 15 is 0 Å². The number of hydrogen-bond acceptors (Lipinski definition) is 4. The van der Waals surface area contributed by atoms with E-state index in [0.717, 1.165) is 10.2 Å². The van der Waals surface area contributed by atoms with Crippen molar-refractivity contribution < 1.29 is 4.39 Å². The van der Waals surface area contributed by atoms with E-state index in [9.17, 15) is 4.39 Å². The number of benzene rings is 2. The molecule has 0 unspecified atom stereocenters. The van der Waals surface area contributed by atoms with Gasteiger partial charge >= 0.3 is 0 Å². The minimum absolute atomic E-state index is 0.272. The van der Waals surface area contributed by atoms with Crippen molar-refractivity contribution in [2.24, 2.45) is 0 Å². The lowest BCUT2D eigenvalue weighted by Crippen LogP contribution is -2.03. The fourth-order valence-corrected chi connectivity index (χ4v) is 2.55. The van der Waals surface area contributed by atoms with E-state index in [1.165, 1.54) is 10.7 Å². The van der Waals surface area contributed by atoms with Crippen molar-refractivity contribution in [1.82, 2.24) is 20.2 Å². The quantitative estimate of drug-likeness (QED) is 0.723. The van der Waals surface area contributed by atoms with Gasteiger partial charge in [-0.15, -0.1) is 5.10 Å². The SMILES string of the molecule is Cc1cc(N)cc(-c2nnnn2-c2ccccc2Br)c1F. The monoisotopic (exact) mass is 347 g/mol. The van der Waals surface area contributed by atoms with Gasteiger partial charge in [0.25, 0.3) is 0 Å². The first kappa shape index (κ1) is 13.7. The van der Waals surface area contributed by atoms with E-state index in [4.69, 9.17) is 5.73 Å². The zero-order chi connectivity index (χ0) is 15.0. The summed E-state index contributed by atoms with van der Waals surface area (Å²) in [5.74, 6) is -0.0814. The number of halogens is 2. The number of rotatable bonds is 2. The number of nitrogens with zero attached hydrogens (tertiary/aromatic N) is 4. The zero-order valence-electron chi connectivity index (χ0n) is 11.1. The van der Waals surface area contributed by atoms with Crippen molar-refractivity contribution in [3.05, 3.63) is 52.3 Å². The first-order chi connectivity index (χ1) is 10.1. The average Bonchev–Trinajstić information content (AvgIpc) is 2.92. The first-order valence-corrected chi connectivity index (χ1v) is 6.96. The molecule has 1 heterocycles. The van der Waals surface area contributed by atoms with Crippen LogP contribution in [0.5, 0.6) is 0 Å². The Morgan fingerprint density at radius 2 is 2.00 bits per heavy atom. The van der Waals surface area contributed by atoms with Crippen molar-refractivity contribution in [2.75, 3.05) is 5.73 Å². The van der Waals surface area contributed by atoms with Gasteiger partial charge in [-0.05, 0) is 63.1 Å². The van der Waals surface area contributed by atoms with Crippen molar-refractivity contribution in [2.45, 2.75) is 6.92 Å². The van der Waals surface area contributed by atoms with Gasteiger partial charge in [0.1, 0.15) is 5.82 Å². The highest BCUT2D eigenvalue weighted by Gasteiger charge is 2.18. The molecule has 21 heavy (non-hydrogen) atoms. The molecule has 3 rings (SSSR count). The van der Waals surface area contributed by atoms with Gasteiger partial charge in [0.15, 0.2) is 5.82 Å². The third-order valence-electron chi connectivity index (χ3n) is 3.07. The summed E-state index contributed by atoms with van der Waals surface area (Å²) in [6.07, 6.45) is 0. The average molecular weight is 348 g/mol. The second kappa shape index (κ2) is 5.25. The standard InChI is InChI=1S/C14H11BrFN5/c1-8-6-9(17)7-10(13(8)16)14-18-19-20-21(14)12-5-3-2-4-11(12)15/h2-7H,17H2,1H3. The molecule has 106 valence electrons. The van der Waals surface area contributed by atoms with E-state index in [0.29, 0.717) is 17.1 Å². The highest BCUT2D eigenvalue weighted by atomic mass is 79.9. The molecule has 0 aliphatic heterocycles. The maximum absolute atomic E-state index is 14.4. The molecule has 0 atom stereocenters. The third kappa shape index (κ3) is 2.40. The lowest BCUT2D eigenvalue weighted by Gasteiger charge is -2.09. The Kier molecular flexibility index (Phi) is 3.42. The van der Waals surface area contributed by atoms with Crippen LogP contribution in [0.25, 0.3) is 17.1 Å². The molecule has 2 aromatic carbocycles. The highest BCUT2D eigenvalue weighted by Crippen LogP contribution is 2.29. The van der Waals surface area contributed by atoms with Crippen LogP contribution in [0.2, 0.25) is 0 Å². The molecule has 3 aromatic rings. The molecule has 2 N–H and O–H groups in total. The normalized spacial score (nSPS) is 10.8. The van der Waals surface area contributed by atoms with E-state index in [2.05, 4.69) is 31.5 Å². The molecule has 1 aromatic heterocycles. The first-order valence-electron chi connectivity index (χ1n) is 6.17. The predicted octanol–water partition coefficient (Wildman–Crippen LogP) is 3.12. The number of nitrogens with two attached hydrogens (primary N) is 1. The van der Waals surface area contributed by atoms with Crippen molar-refractivity contribution >= 4 is 21.6 Å². The second-order valence-electron chi connectivity index (χ2n) is 4.57. The molecule has 0 radical (unpaired) electrons. The maximum Gasteiger partial charge on any atom is 0.190 e. The summed E-state index contributed by atoms with van der Waals surface area (Å²) >= 11 is 3.44. The number of anilines is 1. The number of nitrogen functional groups attached to an aromatic ring is 1. The van der Waals surface area contributed by atoms with Gasteiger partial charge in [-0.2, -0.15) is 4.68 Å². The Morgan fingerprint density at radius 1 is 1.24 bits per heavy atom. The summed E-state index contributed by atoms with van der Waals surface area (Å²) in [7, 11) is 0. The van der Waals surface area contributed by atoms with E-state index in [1.54, 1.807) is 13.0 Å². The molecular formula is C14H11BrFN5. The van der Waals surface area contributed by atoms with Crippen molar-refractivity contribution in [1.29, 1.82) is 0 Å². The summed E-state index contributed by atoms with van der Waals surface area (Å²) in [4.78, 5) is 0. The van der Waals surface area contributed by atoms with Crippen LogP contribution in [0.4, 0.5) is 10.1 Å². The fraction of sp³-hybridized carbons (Fsp3) is 0.0714. The number of tetrazole rings is 1. The van der Waals surface area contributed by atoms with Crippen molar-refractivity contribution in [3.8, 4) is 17.1 Å². The molecule has 0 amide bonds. The number of aromatic nitrogens is 4. The summed E-state index contributed by atoms with van der Waals surface area (Å²) < 4.78 is 16.6. The molecule has 0 saturated carbocycles. The predicted molar refractivity (Wildman–Crippen MR) is 81.4 cm³/mol. The lowest BCUT2D eigenvalue weighted by atomic mass is 10.1. The van der Waals surface area contributed by atoms with Gasteiger partial charge in [0, 0.05) is 10.2 Å². The Labute approximate surface area is 128 Å². The van der Waals surface area contributed by atoms with Crippen molar-refractivity contribution in [3.63, 3.8) is 0 Å². The lowest BCUT2D eigenvalue weighted by molar-refractivity contribution is 0.620. The molecule has 0 fully saturated rings. The van der Waals surface area contributed by atoms with E-state index in [-0.39, 0.29) is 11.4 Å². The number of aryl methyl sites for hydroxylation is 1. The largest absolute Gasteiger partial charge is 0.399 e. The smallest absolute Gasteiger partial charge is 0.190 e. The molecule has 0 aliphatic rings. The van der Waals surface area contributed by atoms with Crippen LogP contribution in [0, 0.1) is 12.7 Å². The maximum atomic E-state index is 14.4. The van der Waals surface area contributed by atoms with Crippen LogP contribution in [0.1, 0.15) is 5.56 Å². The topological polar surface area (TPSA) is 69.6 Å². The van der Waals surface area contributed by atoms with Gasteiger partial charge in [0.2, 0.25) is 0 Å². The van der Waals surface area contributed by atoms with Crippen LogP contribution in [-0.4, -0.2) is 20.2 Å². The van der Waals surface area contributed by atoms with Gasteiger partial charge in [0.05, 0.1) is 11.3 Å². The molecule has 0 spiro atoms. The summed E-state index contributed by atoms with van der Waals surface area (Å²) in [5, 5.41) is 11.5. The Morgan fingerprint density at radius 3 is 2.76 bits per heavy atom. The van der Waals surface area contributed by atoms with E-state index < -0.39 is 0 Å². The fourth-order valence-electron chi connectivity index (χ4n) is 2.10. The Balaban J connectivity index is 2.23. The van der Waals surface area contributed by atoms with Crippen LogP contribution in [-0.2, 0) is 0 Å². The van der Waals surface area contributed by atoms with Gasteiger partial charge in [-0.25, -0.2) is 4.39 Å². The van der Waals surface area contributed by atoms with Crippen LogP contribution < -0.4 is 5.73 Å². The van der Waals surface area contributed by atoms with Gasteiger partial charge < -0.3 is 5.73 Å². The van der Waals surface area contributed by atoms with Crippen LogP contribution in [0.3, 0.4) is 0 Å². The zero-order valence-corrected chi connectivity index (χ0v) is 12.7. The number of hydrogen-bond donors (Lipinski definition) is 1. The highest BCUT2D eigenvalue weighted by molar-refractivity contribution is 9.10. The third-order valence-corrected chi connectivity index (χ3v) is 3.74. The summed E-state index contributed by atoms with van der Waals surface area (Å²) in [6.45, 7) is 1.65. The minimum atomic E-state index is -0.382. The van der Waals surface area contributed by atoms with E-state index in [1.807, 2.05) is 24.3 Å². The van der Waals surface area contributed by atoms with Crippen LogP contribution in [0.15, 0.2) is 40.9 Å². The van der Waals surface area contributed by atoms with Crippen LogP contribution >= 0.6 is 15.9 Å². The molecule has 7 heteroatoms. The number of para-hydroxylation sites is 1. The summed E-state index contributed by atoms with van der Waals surface area (Å²) in [5.41, 5.74) is 7.70.